The van der Waals surface area contributed by atoms with E-state index in [1.54, 1.807) is 35.4 Å². The molecule has 1 saturated heterocycles. The van der Waals surface area contributed by atoms with Gasteiger partial charge in [-0.2, -0.15) is 0 Å². The fourth-order valence-corrected chi connectivity index (χ4v) is 4.91. The Morgan fingerprint density at radius 1 is 1.24 bits per heavy atom. The molecule has 0 unspecified atom stereocenters. The van der Waals surface area contributed by atoms with Crippen molar-refractivity contribution in [2.75, 3.05) is 24.1 Å². The van der Waals surface area contributed by atoms with Gasteiger partial charge in [0.25, 0.3) is 5.91 Å². The predicted octanol–water partition coefficient (Wildman–Crippen LogP) is 2.24. The predicted molar refractivity (Wildman–Crippen MR) is 112 cm³/mol. The van der Waals surface area contributed by atoms with Gasteiger partial charge in [-0.1, -0.05) is 12.1 Å². The van der Waals surface area contributed by atoms with Crippen LogP contribution in [0.15, 0.2) is 35.8 Å². The second-order valence-electron chi connectivity index (χ2n) is 7.10. The van der Waals surface area contributed by atoms with Crippen molar-refractivity contribution in [1.29, 1.82) is 0 Å². The molecular formula is C19H24N4O4S2. The van der Waals surface area contributed by atoms with E-state index in [9.17, 15) is 18.0 Å². The largest absolute Gasteiger partial charge is 0.347 e. The summed E-state index contributed by atoms with van der Waals surface area (Å²) < 4.78 is 25.6. The van der Waals surface area contributed by atoms with Crippen molar-refractivity contribution < 1.29 is 18.0 Å². The lowest BCUT2D eigenvalue weighted by Gasteiger charge is -2.35. The van der Waals surface area contributed by atoms with Crippen LogP contribution in [0.4, 0.5) is 5.69 Å². The molecule has 0 radical (unpaired) electrons. The highest BCUT2D eigenvalue weighted by atomic mass is 32.2. The molecule has 0 spiro atoms. The van der Waals surface area contributed by atoms with E-state index in [1.807, 2.05) is 5.38 Å². The third-order valence-electron chi connectivity index (χ3n) is 4.83. The normalized spacial score (nSPS) is 16.3. The average molecular weight is 437 g/mol. The molecule has 1 fully saturated rings. The molecule has 156 valence electrons. The molecule has 0 aliphatic carbocycles. The number of thiazole rings is 1. The second-order valence-corrected chi connectivity index (χ2v) is 9.77. The fraction of sp³-hybridized carbons (Fsp3) is 0.421. The standard InChI is InChI=1S/C19H24N4O4S2/c1-13(24)21-17(18-20-9-12-28-18)14-7-10-23(11-8-14)19(25)15-5-3-4-6-16(15)22-29(2,26)27/h3-6,9,12,14,17,22H,7-8,10-11H2,1-2H3,(H,21,24)/t17-/m1/s1. The van der Waals surface area contributed by atoms with Gasteiger partial charge in [0, 0.05) is 31.6 Å². The Bertz CT molecular complexity index is 968. The lowest BCUT2D eigenvalue weighted by molar-refractivity contribution is -0.120. The summed E-state index contributed by atoms with van der Waals surface area (Å²) in [5.74, 6) is -0.136. The van der Waals surface area contributed by atoms with Gasteiger partial charge in [-0.15, -0.1) is 11.3 Å². The third-order valence-corrected chi connectivity index (χ3v) is 6.28. The number of rotatable bonds is 6. The van der Waals surface area contributed by atoms with Crippen LogP contribution in [-0.2, 0) is 14.8 Å². The highest BCUT2D eigenvalue weighted by Gasteiger charge is 2.32. The first-order valence-corrected chi connectivity index (χ1v) is 12.0. The Hall–Kier alpha value is -2.46. The van der Waals surface area contributed by atoms with Crippen molar-refractivity contribution in [1.82, 2.24) is 15.2 Å². The zero-order valence-electron chi connectivity index (χ0n) is 16.3. The van der Waals surface area contributed by atoms with Crippen LogP contribution in [0.3, 0.4) is 0 Å². The minimum absolute atomic E-state index is 0.107. The van der Waals surface area contributed by atoms with Gasteiger partial charge in [0.1, 0.15) is 5.01 Å². The number of carbonyl (C=O) groups excluding carboxylic acids is 2. The van der Waals surface area contributed by atoms with Crippen LogP contribution >= 0.6 is 11.3 Å². The number of aromatic nitrogens is 1. The number of nitrogens with one attached hydrogen (secondary N) is 2. The molecule has 1 atom stereocenters. The fourth-order valence-electron chi connectivity index (χ4n) is 3.55. The van der Waals surface area contributed by atoms with E-state index >= 15 is 0 Å². The molecule has 0 saturated carbocycles. The molecule has 1 aromatic carbocycles. The van der Waals surface area contributed by atoms with Crippen LogP contribution in [0.1, 0.15) is 41.2 Å². The summed E-state index contributed by atoms with van der Waals surface area (Å²) in [6.07, 6.45) is 4.22. The number of hydrogen-bond acceptors (Lipinski definition) is 6. The van der Waals surface area contributed by atoms with Crippen molar-refractivity contribution in [2.45, 2.75) is 25.8 Å². The summed E-state index contributed by atoms with van der Waals surface area (Å²) in [7, 11) is -3.49. The van der Waals surface area contributed by atoms with Gasteiger partial charge in [-0.3, -0.25) is 14.3 Å². The summed E-state index contributed by atoms with van der Waals surface area (Å²) in [4.78, 5) is 30.7. The van der Waals surface area contributed by atoms with E-state index in [0.29, 0.717) is 18.7 Å². The topological polar surface area (TPSA) is 108 Å². The molecule has 1 aliphatic heterocycles. The summed E-state index contributed by atoms with van der Waals surface area (Å²) in [6, 6.07) is 6.43. The number of likely N-dealkylation sites (tertiary alicyclic amines) is 1. The maximum atomic E-state index is 13.0. The van der Waals surface area contributed by atoms with Gasteiger partial charge in [0.15, 0.2) is 0 Å². The maximum absolute atomic E-state index is 13.0. The Balaban J connectivity index is 1.71. The first-order valence-electron chi connectivity index (χ1n) is 9.27. The number of benzene rings is 1. The molecular weight excluding hydrogens is 412 g/mol. The SMILES string of the molecule is CC(=O)N[C@@H](c1nccs1)C1CCN(C(=O)c2ccccc2NS(C)(=O)=O)CC1. The summed E-state index contributed by atoms with van der Waals surface area (Å²) >= 11 is 1.51. The van der Waals surface area contributed by atoms with E-state index in [4.69, 9.17) is 0 Å². The number of sulfonamides is 1. The number of piperidine rings is 1. The van der Waals surface area contributed by atoms with Crippen molar-refractivity contribution in [2.24, 2.45) is 5.92 Å². The van der Waals surface area contributed by atoms with Crippen molar-refractivity contribution in [3.8, 4) is 0 Å². The van der Waals surface area contributed by atoms with Gasteiger partial charge >= 0.3 is 0 Å². The Morgan fingerprint density at radius 2 is 1.93 bits per heavy atom. The molecule has 2 heterocycles. The van der Waals surface area contributed by atoms with Gasteiger partial charge in [-0.25, -0.2) is 13.4 Å². The van der Waals surface area contributed by atoms with Crippen molar-refractivity contribution in [3.05, 3.63) is 46.4 Å². The molecule has 2 amide bonds. The number of amides is 2. The molecule has 0 bridgehead atoms. The quantitative estimate of drug-likeness (QED) is 0.722. The monoisotopic (exact) mass is 436 g/mol. The van der Waals surface area contributed by atoms with E-state index in [0.717, 1.165) is 24.1 Å². The lowest BCUT2D eigenvalue weighted by Crippen LogP contribution is -2.42. The van der Waals surface area contributed by atoms with Gasteiger partial charge < -0.3 is 10.2 Å². The molecule has 1 aromatic heterocycles. The zero-order valence-corrected chi connectivity index (χ0v) is 17.9. The Morgan fingerprint density at radius 3 is 2.52 bits per heavy atom. The molecule has 2 N–H and O–H groups in total. The number of carbonyl (C=O) groups is 2. The van der Waals surface area contributed by atoms with Crippen molar-refractivity contribution >= 4 is 38.9 Å². The van der Waals surface area contributed by atoms with E-state index in [2.05, 4.69) is 15.0 Å². The average Bonchev–Trinajstić information content (AvgIpc) is 3.19. The Labute approximate surface area is 174 Å². The van der Waals surface area contributed by atoms with Gasteiger partial charge in [-0.05, 0) is 30.9 Å². The number of nitrogens with zero attached hydrogens (tertiary/aromatic N) is 2. The van der Waals surface area contributed by atoms with E-state index < -0.39 is 10.0 Å². The maximum Gasteiger partial charge on any atom is 0.255 e. The number of para-hydroxylation sites is 1. The minimum Gasteiger partial charge on any atom is -0.347 e. The van der Waals surface area contributed by atoms with E-state index in [1.165, 1.54) is 18.3 Å². The second kappa shape index (κ2) is 8.91. The smallest absolute Gasteiger partial charge is 0.255 e. The highest BCUT2D eigenvalue weighted by Crippen LogP contribution is 2.32. The highest BCUT2D eigenvalue weighted by molar-refractivity contribution is 7.92. The third kappa shape index (κ3) is 5.54. The first kappa shape index (κ1) is 21.3. The molecule has 3 rings (SSSR count). The summed E-state index contributed by atoms with van der Waals surface area (Å²) in [5.41, 5.74) is 0.607. The summed E-state index contributed by atoms with van der Waals surface area (Å²) in [5, 5.41) is 5.74. The van der Waals surface area contributed by atoms with Gasteiger partial charge in [0.2, 0.25) is 15.9 Å². The molecule has 1 aliphatic rings. The van der Waals surface area contributed by atoms with Gasteiger partial charge in [0.05, 0.1) is 23.5 Å². The van der Waals surface area contributed by atoms with Crippen LogP contribution in [0.2, 0.25) is 0 Å². The molecule has 10 heteroatoms. The van der Waals surface area contributed by atoms with Crippen LogP contribution in [0.5, 0.6) is 0 Å². The van der Waals surface area contributed by atoms with Crippen LogP contribution in [0, 0.1) is 5.92 Å². The van der Waals surface area contributed by atoms with Crippen LogP contribution < -0.4 is 10.0 Å². The van der Waals surface area contributed by atoms with Crippen LogP contribution in [0.25, 0.3) is 0 Å². The minimum atomic E-state index is -3.49. The number of anilines is 1. The van der Waals surface area contributed by atoms with E-state index in [-0.39, 0.29) is 29.5 Å². The summed E-state index contributed by atoms with van der Waals surface area (Å²) in [6.45, 7) is 2.54. The molecule has 2 aromatic rings. The molecule has 29 heavy (non-hydrogen) atoms. The van der Waals surface area contributed by atoms with Crippen molar-refractivity contribution in [3.63, 3.8) is 0 Å². The van der Waals surface area contributed by atoms with Crippen LogP contribution in [-0.4, -0.2) is 49.5 Å². The number of hydrogen-bond donors (Lipinski definition) is 2. The lowest BCUT2D eigenvalue weighted by atomic mass is 9.89. The Kier molecular flexibility index (Phi) is 6.53. The molecule has 8 nitrogen and oxygen atoms in total. The zero-order chi connectivity index (χ0) is 21.0. The first-order chi connectivity index (χ1) is 13.7.